The van der Waals surface area contributed by atoms with Crippen LogP contribution < -0.4 is 4.74 Å². The fourth-order valence-corrected chi connectivity index (χ4v) is 5.09. The normalized spacial score (nSPS) is 16.8. The summed E-state index contributed by atoms with van der Waals surface area (Å²) in [5.74, 6) is 1.08. The van der Waals surface area contributed by atoms with Crippen LogP contribution in [0.5, 0.6) is 5.75 Å². The molecule has 1 atom stereocenters. The molecule has 32 heavy (non-hydrogen) atoms. The zero-order chi connectivity index (χ0) is 23.3. The number of ether oxygens (including phenoxy) is 1. The Labute approximate surface area is 188 Å². The molecule has 0 spiro atoms. The topological polar surface area (TPSA) is 113 Å². The first-order valence-corrected chi connectivity index (χ1v) is 12.0. The number of aliphatic hydroxyl groups is 1. The van der Waals surface area contributed by atoms with Crippen LogP contribution in [0.2, 0.25) is 0 Å². The van der Waals surface area contributed by atoms with Crippen molar-refractivity contribution in [2.24, 2.45) is 0 Å². The first kappa shape index (κ1) is 24.1. The molecule has 1 aliphatic rings. The van der Waals surface area contributed by atoms with Gasteiger partial charge < -0.3 is 9.84 Å². The fourth-order valence-electron chi connectivity index (χ4n) is 3.67. The Morgan fingerprint density at radius 1 is 1.06 bits per heavy atom. The molecule has 3 rings (SSSR count). The molecule has 0 amide bonds. The van der Waals surface area contributed by atoms with E-state index in [0.717, 1.165) is 11.3 Å². The monoisotopic (exact) mass is 463 g/mol. The van der Waals surface area contributed by atoms with Crippen LogP contribution in [0.3, 0.4) is 0 Å². The van der Waals surface area contributed by atoms with Gasteiger partial charge in [0.25, 0.3) is 5.69 Å². The first-order valence-electron chi connectivity index (χ1n) is 10.5. The Balaban J connectivity index is 1.50. The largest absolute Gasteiger partial charge is 0.491 e. The Hall–Kier alpha value is -2.53. The maximum Gasteiger partial charge on any atom is 0.269 e. The number of nitro benzene ring substituents is 1. The zero-order valence-corrected chi connectivity index (χ0v) is 19.1. The molecule has 10 heteroatoms. The van der Waals surface area contributed by atoms with E-state index in [2.05, 4.69) is 13.8 Å². The summed E-state index contributed by atoms with van der Waals surface area (Å²) in [4.78, 5) is 12.2. The van der Waals surface area contributed by atoms with Crippen LogP contribution in [0, 0.1) is 10.1 Å². The molecule has 174 valence electrons. The molecule has 0 unspecified atom stereocenters. The van der Waals surface area contributed by atoms with Crippen LogP contribution in [0.25, 0.3) is 0 Å². The average Bonchev–Trinajstić information content (AvgIpc) is 2.78. The van der Waals surface area contributed by atoms with Crippen LogP contribution >= 0.6 is 0 Å². The molecule has 2 aromatic carbocycles. The second-order valence-corrected chi connectivity index (χ2v) is 10.1. The summed E-state index contributed by atoms with van der Waals surface area (Å²) >= 11 is 0. The van der Waals surface area contributed by atoms with Gasteiger partial charge in [0, 0.05) is 44.9 Å². The number of aliphatic hydroxyl groups excluding tert-OH is 1. The molecule has 9 nitrogen and oxygen atoms in total. The van der Waals surface area contributed by atoms with Crippen molar-refractivity contribution in [1.29, 1.82) is 0 Å². The van der Waals surface area contributed by atoms with E-state index in [4.69, 9.17) is 4.74 Å². The lowest BCUT2D eigenvalue weighted by Crippen LogP contribution is -2.50. The van der Waals surface area contributed by atoms with E-state index >= 15 is 0 Å². The third kappa shape index (κ3) is 5.83. The lowest BCUT2D eigenvalue weighted by atomic mass is 10.0. The molecule has 1 N–H and O–H groups in total. The summed E-state index contributed by atoms with van der Waals surface area (Å²) in [7, 11) is -3.72. The summed E-state index contributed by atoms with van der Waals surface area (Å²) in [6, 6.07) is 12.7. The molecule has 1 fully saturated rings. The number of hydrogen-bond acceptors (Lipinski definition) is 7. The number of β-amino-alcohol motifs (C(OH)–C–C–N with tert-alkyl or cyclic N) is 1. The van der Waals surface area contributed by atoms with Gasteiger partial charge in [-0.2, -0.15) is 4.31 Å². The average molecular weight is 464 g/mol. The first-order chi connectivity index (χ1) is 15.2. The van der Waals surface area contributed by atoms with Gasteiger partial charge in [-0.05, 0) is 29.7 Å². The zero-order valence-electron chi connectivity index (χ0n) is 18.3. The Morgan fingerprint density at radius 2 is 1.69 bits per heavy atom. The minimum Gasteiger partial charge on any atom is -0.491 e. The molecule has 1 heterocycles. The molecule has 0 saturated carbocycles. The molecule has 0 aromatic heterocycles. The van der Waals surface area contributed by atoms with E-state index in [1.807, 2.05) is 29.2 Å². The molecule has 0 radical (unpaired) electrons. The van der Waals surface area contributed by atoms with Gasteiger partial charge in [-0.1, -0.05) is 32.0 Å². The highest BCUT2D eigenvalue weighted by Crippen LogP contribution is 2.26. The SMILES string of the molecule is CC(C)c1ccccc1OC[C@H](O)CN1CCN(S(=O)(=O)c2ccc([N+](=O)[O-])cc2)CC1. The number of nitrogens with zero attached hydrogens (tertiary/aromatic N) is 3. The van der Waals surface area contributed by atoms with E-state index in [-0.39, 0.29) is 30.3 Å². The van der Waals surface area contributed by atoms with Gasteiger partial charge >= 0.3 is 0 Å². The number of rotatable bonds is 9. The van der Waals surface area contributed by atoms with Gasteiger partial charge in [0.15, 0.2) is 0 Å². The number of piperazine rings is 1. The lowest BCUT2D eigenvalue weighted by Gasteiger charge is -2.34. The van der Waals surface area contributed by atoms with Crippen molar-refractivity contribution in [3.05, 3.63) is 64.2 Å². The van der Waals surface area contributed by atoms with E-state index in [9.17, 15) is 23.6 Å². The van der Waals surface area contributed by atoms with E-state index < -0.39 is 21.1 Å². The van der Waals surface area contributed by atoms with Crippen molar-refractivity contribution in [1.82, 2.24) is 9.21 Å². The van der Waals surface area contributed by atoms with E-state index in [1.54, 1.807) is 0 Å². The highest BCUT2D eigenvalue weighted by Gasteiger charge is 2.29. The molecule has 2 aromatic rings. The lowest BCUT2D eigenvalue weighted by molar-refractivity contribution is -0.384. The second-order valence-electron chi connectivity index (χ2n) is 8.11. The van der Waals surface area contributed by atoms with Crippen LogP contribution in [-0.4, -0.2) is 73.1 Å². The number of sulfonamides is 1. The van der Waals surface area contributed by atoms with Crippen molar-refractivity contribution in [2.75, 3.05) is 39.3 Å². The Bertz CT molecular complexity index is 1020. The minimum absolute atomic E-state index is 0.0359. The molecule has 1 aliphatic heterocycles. The third-order valence-corrected chi connectivity index (χ3v) is 7.37. The highest BCUT2D eigenvalue weighted by molar-refractivity contribution is 7.89. The Kier molecular flexibility index (Phi) is 7.83. The Morgan fingerprint density at radius 3 is 2.28 bits per heavy atom. The van der Waals surface area contributed by atoms with Crippen LogP contribution in [0.4, 0.5) is 5.69 Å². The van der Waals surface area contributed by atoms with Gasteiger partial charge in [-0.25, -0.2) is 8.42 Å². The minimum atomic E-state index is -3.72. The fraction of sp³-hybridized carbons (Fsp3) is 0.455. The summed E-state index contributed by atoms with van der Waals surface area (Å²) < 4.78 is 32.8. The van der Waals surface area contributed by atoms with Crippen LogP contribution in [0.15, 0.2) is 53.4 Å². The van der Waals surface area contributed by atoms with Gasteiger partial charge in [0.1, 0.15) is 18.5 Å². The number of non-ortho nitro benzene ring substituents is 1. The molecular weight excluding hydrogens is 434 g/mol. The van der Waals surface area contributed by atoms with Gasteiger partial charge in [-0.15, -0.1) is 0 Å². The molecule has 1 saturated heterocycles. The van der Waals surface area contributed by atoms with Crippen LogP contribution in [0.1, 0.15) is 25.3 Å². The summed E-state index contributed by atoms with van der Waals surface area (Å²) in [6.45, 7) is 6.23. The second kappa shape index (κ2) is 10.4. The number of nitro groups is 1. The summed E-state index contributed by atoms with van der Waals surface area (Å²) in [5.41, 5.74) is 0.936. The third-order valence-electron chi connectivity index (χ3n) is 5.46. The highest BCUT2D eigenvalue weighted by atomic mass is 32.2. The molecular formula is C22H29N3O6S. The molecule has 0 aliphatic carbocycles. The maximum absolute atomic E-state index is 12.8. The van der Waals surface area contributed by atoms with Crippen molar-refractivity contribution >= 4 is 15.7 Å². The summed E-state index contributed by atoms with van der Waals surface area (Å²) in [5, 5.41) is 21.2. The predicted octanol–water partition coefficient (Wildman–Crippen LogP) is 2.46. The quantitative estimate of drug-likeness (QED) is 0.449. The van der Waals surface area contributed by atoms with Crippen molar-refractivity contribution in [3.8, 4) is 5.75 Å². The van der Waals surface area contributed by atoms with Crippen molar-refractivity contribution in [2.45, 2.75) is 30.8 Å². The van der Waals surface area contributed by atoms with Crippen molar-refractivity contribution in [3.63, 3.8) is 0 Å². The smallest absolute Gasteiger partial charge is 0.269 e. The van der Waals surface area contributed by atoms with Gasteiger partial charge in [0.05, 0.1) is 9.82 Å². The maximum atomic E-state index is 12.8. The van der Waals surface area contributed by atoms with Gasteiger partial charge in [-0.3, -0.25) is 15.0 Å². The predicted molar refractivity (Wildman–Crippen MR) is 120 cm³/mol. The van der Waals surface area contributed by atoms with Crippen molar-refractivity contribution < 1.29 is 23.2 Å². The summed E-state index contributed by atoms with van der Waals surface area (Å²) in [6.07, 6.45) is -0.701. The van der Waals surface area contributed by atoms with Crippen LogP contribution in [-0.2, 0) is 10.0 Å². The number of benzene rings is 2. The van der Waals surface area contributed by atoms with Gasteiger partial charge in [0.2, 0.25) is 10.0 Å². The standard InChI is InChI=1S/C22H29N3O6S/c1-17(2)21-5-3-4-6-22(21)31-16-19(26)15-23-11-13-24(14-12-23)32(29,30)20-9-7-18(8-10-20)25(27)28/h3-10,17,19,26H,11-16H2,1-2H3/t19-/m1/s1. The van der Waals surface area contributed by atoms with E-state index in [1.165, 1.54) is 28.6 Å². The van der Waals surface area contributed by atoms with E-state index in [0.29, 0.717) is 25.6 Å². The number of hydrogen-bond donors (Lipinski definition) is 1. The molecule has 0 bridgehead atoms. The number of para-hydroxylation sites is 1.